The number of esters is 2. The molecule has 3 amide bonds. The summed E-state index contributed by atoms with van der Waals surface area (Å²) in [6.07, 6.45) is 1.41. The number of thioether (sulfide) groups is 1. The van der Waals surface area contributed by atoms with E-state index in [1.807, 2.05) is 0 Å². The van der Waals surface area contributed by atoms with Gasteiger partial charge in [-0.25, -0.2) is 9.59 Å². The number of imide groups is 1. The van der Waals surface area contributed by atoms with Crippen molar-refractivity contribution in [2.45, 2.75) is 6.92 Å². The number of rotatable bonds is 10. The highest BCUT2D eigenvalue weighted by Crippen LogP contribution is 2.39. The molecular weight excluding hydrogens is 575 g/mol. The van der Waals surface area contributed by atoms with Crippen molar-refractivity contribution in [3.8, 4) is 11.5 Å². The van der Waals surface area contributed by atoms with E-state index in [0.29, 0.717) is 17.3 Å². The van der Waals surface area contributed by atoms with Crippen LogP contribution in [0.1, 0.15) is 22.8 Å². The summed E-state index contributed by atoms with van der Waals surface area (Å²) in [5, 5.41) is 2.09. The maximum Gasteiger partial charge on any atom is 0.344 e. The van der Waals surface area contributed by atoms with Gasteiger partial charge in [0.15, 0.2) is 18.1 Å². The van der Waals surface area contributed by atoms with Gasteiger partial charge in [-0.2, -0.15) is 0 Å². The van der Waals surface area contributed by atoms with Crippen LogP contribution in [0.25, 0.3) is 6.08 Å². The van der Waals surface area contributed by atoms with Gasteiger partial charge in [-0.3, -0.25) is 19.3 Å². The summed E-state index contributed by atoms with van der Waals surface area (Å²) < 4.78 is 20.2. The number of nitrogens with zero attached hydrogens (tertiary/aromatic N) is 1. The van der Waals surface area contributed by atoms with Gasteiger partial charge in [0.2, 0.25) is 5.91 Å². The Morgan fingerprint density at radius 3 is 2.49 bits per heavy atom. The molecule has 0 bridgehead atoms. The van der Waals surface area contributed by atoms with Crippen LogP contribution in [0.5, 0.6) is 11.5 Å². The van der Waals surface area contributed by atoms with E-state index in [9.17, 15) is 24.0 Å². The summed E-state index contributed by atoms with van der Waals surface area (Å²) in [4.78, 5) is 62.2. The summed E-state index contributed by atoms with van der Waals surface area (Å²) in [6.45, 7) is 0.906. The lowest BCUT2D eigenvalue weighted by atomic mass is 10.1. The highest BCUT2D eigenvalue weighted by Gasteiger charge is 2.36. The molecule has 2 aromatic carbocycles. The molecule has 0 aliphatic carbocycles. The summed E-state index contributed by atoms with van der Waals surface area (Å²) >= 11 is 12.9. The number of methoxy groups -OCH3 is 2. The average molecular weight is 597 g/mol. The highest BCUT2D eigenvalue weighted by atomic mass is 35.5. The summed E-state index contributed by atoms with van der Waals surface area (Å²) in [6, 6.07) is 7.14. The molecular formula is C25H22Cl2N2O9S. The second kappa shape index (κ2) is 13.4. The van der Waals surface area contributed by atoms with Crippen LogP contribution in [0.3, 0.4) is 0 Å². The van der Waals surface area contributed by atoms with Crippen LogP contribution < -0.4 is 14.8 Å². The molecule has 11 nitrogen and oxygen atoms in total. The Labute approximate surface area is 237 Å². The van der Waals surface area contributed by atoms with Crippen molar-refractivity contribution in [3.63, 3.8) is 0 Å². The molecule has 2 aromatic rings. The van der Waals surface area contributed by atoms with Crippen molar-refractivity contribution in [2.75, 3.05) is 39.3 Å². The van der Waals surface area contributed by atoms with Gasteiger partial charge in [-0.15, -0.1) is 0 Å². The molecule has 206 valence electrons. The standard InChI is InChI=1S/C25H22Cl2N2O9S/c1-4-37-21(31)12-38-22-17(27)7-13(8-18(22)35-2)9-19-23(32)29(25(34)39-19)11-20(30)28-14-5-6-16(26)15(10-14)24(33)36-3/h5-10H,4,11-12H2,1-3H3,(H,28,30)/b19-9-. The van der Waals surface area contributed by atoms with E-state index in [0.717, 1.165) is 4.90 Å². The Bertz CT molecular complexity index is 1360. The average Bonchev–Trinajstić information content (AvgIpc) is 3.15. The SMILES string of the molecule is CCOC(=O)COc1c(Cl)cc(/C=C2\SC(=O)N(CC(=O)Nc3ccc(Cl)c(C(=O)OC)c3)C2=O)cc1OC. The molecule has 1 aliphatic rings. The molecule has 1 aliphatic heterocycles. The monoisotopic (exact) mass is 596 g/mol. The minimum atomic E-state index is -0.692. The zero-order chi connectivity index (χ0) is 28.7. The molecule has 1 saturated heterocycles. The highest BCUT2D eigenvalue weighted by molar-refractivity contribution is 8.18. The number of amides is 3. The molecule has 14 heteroatoms. The van der Waals surface area contributed by atoms with Crippen LogP contribution >= 0.6 is 35.0 Å². The first kappa shape index (κ1) is 29.8. The molecule has 0 unspecified atom stereocenters. The number of benzene rings is 2. The van der Waals surface area contributed by atoms with Gasteiger partial charge in [0, 0.05) is 5.69 Å². The van der Waals surface area contributed by atoms with E-state index in [2.05, 4.69) is 10.1 Å². The fraction of sp³-hybridized carbons (Fsp3) is 0.240. The molecule has 3 rings (SSSR count). The van der Waals surface area contributed by atoms with Gasteiger partial charge in [-0.1, -0.05) is 23.2 Å². The smallest absolute Gasteiger partial charge is 0.344 e. The van der Waals surface area contributed by atoms with Gasteiger partial charge in [0.1, 0.15) is 6.54 Å². The van der Waals surface area contributed by atoms with E-state index in [4.69, 9.17) is 37.4 Å². The maximum atomic E-state index is 12.9. The summed E-state index contributed by atoms with van der Waals surface area (Å²) in [5.74, 6) is -2.36. The molecule has 1 N–H and O–H groups in total. The molecule has 0 spiro atoms. The molecule has 1 fully saturated rings. The quantitative estimate of drug-likeness (QED) is 0.310. The fourth-order valence-electron chi connectivity index (χ4n) is 3.30. The van der Waals surface area contributed by atoms with E-state index in [-0.39, 0.29) is 50.9 Å². The Morgan fingerprint density at radius 1 is 1.08 bits per heavy atom. The van der Waals surface area contributed by atoms with Crippen LogP contribution in [-0.2, 0) is 23.9 Å². The van der Waals surface area contributed by atoms with Gasteiger partial charge in [-0.05, 0) is 60.7 Å². The molecule has 1 heterocycles. The lowest BCUT2D eigenvalue weighted by Gasteiger charge is -2.13. The van der Waals surface area contributed by atoms with Crippen molar-refractivity contribution >= 4 is 75.7 Å². The predicted molar refractivity (Wildman–Crippen MR) is 144 cm³/mol. The lowest BCUT2D eigenvalue weighted by molar-refractivity contribution is -0.145. The number of nitrogens with one attached hydrogen (secondary N) is 1. The third kappa shape index (κ3) is 7.43. The zero-order valence-electron chi connectivity index (χ0n) is 20.9. The minimum absolute atomic E-state index is 0.0393. The number of anilines is 1. The van der Waals surface area contributed by atoms with E-state index < -0.39 is 35.5 Å². The van der Waals surface area contributed by atoms with Gasteiger partial charge < -0.3 is 24.3 Å². The molecule has 0 saturated carbocycles. The lowest BCUT2D eigenvalue weighted by Crippen LogP contribution is -2.36. The maximum absolute atomic E-state index is 12.9. The van der Waals surface area contributed by atoms with Crippen molar-refractivity contribution in [1.82, 2.24) is 4.90 Å². The molecule has 0 radical (unpaired) electrons. The Kier molecular flexibility index (Phi) is 10.2. The summed E-state index contributed by atoms with van der Waals surface area (Å²) in [7, 11) is 2.56. The number of hydrogen-bond donors (Lipinski definition) is 1. The van der Waals surface area contributed by atoms with E-state index in [1.165, 1.54) is 50.6 Å². The number of carbonyl (C=O) groups is 5. The molecule has 0 aromatic heterocycles. The van der Waals surface area contributed by atoms with Crippen molar-refractivity contribution in [3.05, 3.63) is 56.4 Å². The Balaban J connectivity index is 1.72. The number of hydrogen-bond acceptors (Lipinski definition) is 10. The second-order valence-electron chi connectivity index (χ2n) is 7.63. The van der Waals surface area contributed by atoms with Crippen molar-refractivity contribution in [1.29, 1.82) is 0 Å². The van der Waals surface area contributed by atoms with Crippen molar-refractivity contribution in [2.24, 2.45) is 0 Å². The largest absolute Gasteiger partial charge is 0.493 e. The first-order chi connectivity index (χ1) is 18.6. The minimum Gasteiger partial charge on any atom is -0.493 e. The van der Waals surface area contributed by atoms with Crippen LogP contribution in [0.2, 0.25) is 10.0 Å². The predicted octanol–water partition coefficient (Wildman–Crippen LogP) is 4.41. The van der Waals surface area contributed by atoms with Crippen molar-refractivity contribution < 1.29 is 42.9 Å². The molecule has 39 heavy (non-hydrogen) atoms. The van der Waals surface area contributed by atoms with Gasteiger partial charge >= 0.3 is 11.9 Å². The first-order valence-corrected chi connectivity index (χ1v) is 12.7. The summed E-state index contributed by atoms with van der Waals surface area (Å²) in [5.41, 5.74) is 0.670. The third-order valence-corrected chi connectivity index (χ3v) is 6.54. The van der Waals surface area contributed by atoms with Crippen LogP contribution in [-0.4, -0.2) is 67.9 Å². The number of halogens is 2. The first-order valence-electron chi connectivity index (χ1n) is 11.2. The van der Waals surface area contributed by atoms with Gasteiger partial charge in [0.05, 0.1) is 41.3 Å². The second-order valence-corrected chi connectivity index (χ2v) is 9.44. The van der Waals surface area contributed by atoms with Crippen LogP contribution in [0, 0.1) is 0 Å². The van der Waals surface area contributed by atoms with Gasteiger partial charge in [0.25, 0.3) is 11.1 Å². The number of ether oxygens (including phenoxy) is 4. The van der Waals surface area contributed by atoms with Crippen LogP contribution in [0.15, 0.2) is 35.2 Å². The topological polar surface area (TPSA) is 138 Å². The normalized spacial score (nSPS) is 13.9. The Morgan fingerprint density at radius 2 is 1.82 bits per heavy atom. The van der Waals surface area contributed by atoms with E-state index >= 15 is 0 Å². The number of carbonyl (C=O) groups excluding carboxylic acids is 5. The van der Waals surface area contributed by atoms with E-state index in [1.54, 1.807) is 6.92 Å². The Hall–Kier alpha value is -3.74. The van der Waals surface area contributed by atoms with Crippen LogP contribution in [0.4, 0.5) is 10.5 Å². The fourth-order valence-corrected chi connectivity index (χ4v) is 4.60. The zero-order valence-corrected chi connectivity index (χ0v) is 23.2. The molecule has 0 atom stereocenters. The third-order valence-electron chi connectivity index (χ3n) is 5.02.